The first-order chi connectivity index (χ1) is 17.4. The molecule has 180 valence electrons. The van der Waals surface area contributed by atoms with Crippen molar-refractivity contribution in [2.75, 3.05) is 25.0 Å². The van der Waals surface area contributed by atoms with Crippen LogP contribution in [0.1, 0.15) is 20.7 Å². The Bertz CT molecular complexity index is 1520. The predicted octanol–water partition coefficient (Wildman–Crippen LogP) is 5.03. The molecular formula is C27H20Cl2N4O3. The minimum absolute atomic E-state index is 0.0108. The van der Waals surface area contributed by atoms with Gasteiger partial charge >= 0.3 is 0 Å². The summed E-state index contributed by atoms with van der Waals surface area (Å²) < 4.78 is 0. The summed E-state index contributed by atoms with van der Waals surface area (Å²) >= 11 is 12.9. The van der Waals surface area contributed by atoms with Crippen molar-refractivity contribution in [1.29, 1.82) is 0 Å². The van der Waals surface area contributed by atoms with E-state index in [1.165, 1.54) is 23.1 Å². The number of fused-ring (bicyclic) bond motifs is 1. The van der Waals surface area contributed by atoms with Crippen molar-refractivity contribution in [3.05, 3.63) is 94.1 Å². The molecule has 0 saturated carbocycles. The number of pyridine rings is 1. The van der Waals surface area contributed by atoms with Gasteiger partial charge in [-0.05, 0) is 47.9 Å². The summed E-state index contributed by atoms with van der Waals surface area (Å²) in [6.45, 7) is 0.800. The zero-order chi connectivity index (χ0) is 25.2. The van der Waals surface area contributed by atoms with Gasteiger partial charge in [-0.15, -0.1) is 0 Å². The number of carbonyl (C=O) groups excluding carboxylic acids is 3. The Labute approximate surface area is 217 Å². The van der Waals surface area contributed by atoms with Crippen molar-refractivity contribution in [3.8, 4) is 11.3 Å². The number of carbonyl (C=O) groups is 3. The number of nitrogens with zero attached hydrogens (tertiary/aromatic N) is 2. The maximum absolute atomic E-state index is 13.0. The van der Waals surface area contributed by atoms with Gasteiger partial charge in [0.25, 0.3) is 11.8 Å². The third-order valence-electron chi connectivity index (χ3n) is 5.94. The molecule has 2 N–H and O–H groups in total. The molecule has 0 atom stereocenters. The van der Waals surface area contributed by atoms with Gasteiger partial charge in [-0.1, -0.05) is 47.5 Å². The molecular weight excluding hydrogens is 499 g/mol. The standard InChI is InChI=1S/C27H20Cl2N4O3/c28-22-8-6-18(14-21(22)25-19-4-2-1-3-16(19)9-10-31-25)32-26(35)20-7-5-17(13-23(20)29)27(36)33-12-11-30-24(34)15-33/h1-10,13-14H,11-12,15H2,(H,30,34)(H,32,35). The average Bonchev–Trinajstić information content (AvgIpc) is 2.89. The number of hydrogen-bond donors (Lipinski definition) is 2. The maximum atomic E-state index is 13.0. The van der Waals surface area contributed by atoms with Crippen LogP contribution >= 0.6 is 23.2 Å². The molecule has 0 radical (unpaired) electrons. The normalized spacial score (nSPS) is 13.4. The van der Waals surface area contributed by atoms with E-state index >= 15 is 0 Å². The molecule has 4 aromatic rings. The fourth-order valence-electron chi connectivity index (χ4n) is 4.14. The van der Waals surface area contributed by atoms with E-state index in [9.17, 15) is 14.4 Å². The summed E-state index contributed by atoms with van der Waals surface area (Å²) in [5, 5.41) is 8.13. The number of hydrogen-bond acceptors (Lipinski definition) is 4. The fraction of sp³-hybridized carbons (Fsp3) is 0.111. The van der Waals surface area contributed by atoms with E-state index in [0.29, 0.717) is 40.6 Å². The third-order valence-corrected chi connectivity index (χ3v) is 6.58. The van der Waals surface area contributed by atoms with Gasteiger partial charge in [0, 0.05) is 41.5 Å². The highest BCUT2D eigenvalue weighted by Crippen LogP contribution is 2.34. The summed E-state index contributed by atoms with van der Waals surface area (Å²) in [4.78, 5) is 43.3. The molecule has 2 heterocycles. The topological polar surface area (TPSA) is 91.4 Å². The Morgan fingerprint density at radius 2 is 1.81 bits per heavy atom. The molecule has 3 aromatic carbocycles. The molecule has 7 nitrogen and oxygen atoms in total. The second-order valence-electron chi connectivity index (χ2n) is 8.30. The van der Waals surface area contributed by atoms with Gasteiger partial charge in [0.2, 0.25) is 5.91 Å². The Morgan fingerprint density at radius 1 is 0.972 bits per heavy atom. The molecule has 5 rings (SSSR count). The second kappa shape index (κ2) is 9.97. The first-order valence-electron chi connectivity index (χ1n) is 11.2. The maximum Gasteiger partial charge on any atom is 0.257 e. The van der Waals surface area contributed by atoms with Crippen molar-refractivity contribution in [1.82, 2.24) is 15.2 Å². The molecule has 1 fully saturated rings. The zero-order valence-electron chi connectivity index (χ0n) is 18.9. The van der Waals surface area contributed by atoms with Crippen LogP contribution < -0.4 is 10.6 Å². The first kappa shape index (κ1) is 23.8. The molecule has 3 amide bonds. The van der Waals surface area contributed by atoms with Crippen LogP contribution in [0.4, 0.5) is 5.69 Å². The lowest BCUT2D eigenvalue weighted by atomic mass is 10.0. The number of rotatable bonds is 4. The van der Waals surface area contributed by atoms with Crippen LogP contribution in [0.15, 0.2) is 72.9 Å². The monoisotopic (exact) mass is 518 g/mol. The van der Waals surface area contributed by atoms with Crippen molar-refractivity contribution < 1.29 is 14.4 Å². The summed E-state index contributed by atoms with van der Waals surface area (Å²) in [7, 11) is 0. The Kier molecular flexibility index (Phi) is 6.59. The Hall–Kier alpha value is -3.94. The lowest BCUT2D eigenvalue weighted by molar-refractivity contribution is -0.123. The minimum atomic E-state index is -0.435. The van der Waals surface area contributed by atoms with Crippen LogP contribution in [0.5, 0.6) is 0 Å². The van der Waals surface area contributed by atoms with E-state index in [4.69, 9.17) is 23.2 Å². The molecule has 36 heavy (non-hydrogen) atoms. The van der Waals surface area contributed by atoms with E-state index in [0.717, 1.165) is 10.8 Å². The average molecular weight is 519 g/mol. The van der Waals surface area contributed by atoms with E-state index < -0.39 is 5.91 Å². The number of aromatic nitrogens is 1. The number of anilines is 1. The van der Waals surface area contributed by atoms with Gasteiger partial charge < -0.3 is 15.5 Å². The zero-order valence-corrected chi connectivity index (χ0v) is 20.4. The molecule has 0 spiro atoms. The van der Waals surface area contributed by atoms with Gasteiger partial charge in [0.05, 0.1) is 27.8 Å². The molecule has 1 aliphatic heterocycles. The second-order valence-corrected chi connectivity index (χ2v) is 9.12. The van der Waals surface area contributed by atoms with Crippen molar-refractivity contribution in [2.24, 2.45) is 0 Å². The number of halogens is 2. The molecule has 1 aliphatic rings. The lowest BCUT2D eigenvalue weighted by Crippen LogP contribution is -2.49. The van der Waals surface area contributed by atoms with E-state index in [2.05, 4.69) is 15.6 Å². The Balaban J connectivity index is 1.38. The van der Waals surface area contributed by atoms with Crippen molar-refractivity contribution in [2.45, 2.75) is 0 Å². The quantitative estimate of drug-likeness (QED) is 0.396. The van der Waals surface area contributed by atoms with E-state index in [1.54, 1.807) is 24.4 Å². The smallest absolute Gasteiger partial charge is 0.257 e. The fourth-order valence-corrected chi connectivity index (χ4v) is 4.62. The molecule has 9 heteroatoms. The van der Waals surface area contributed by atoms with Gasteiger partial charge in [-0.2, -0.15) is 0 Å². The van der Waals surface area contributed by atoms with Crippen LogP contribution in [0.25, 0.3) is 22.0 Å². The molecule has 0 unspecified atom stereocenters. The SMILES string of the molecule is O=C1CN(C(=O)c2ccc(C(=O)Nc3ccc(Cl)c(-c4nccc5ccccc45)c3)c(Cl)c2)CCN1. The molecule has 0 aliphatic carbocycles. The van der Waals surface area contributed by atoms with Gasteiger partial charge in [-0.3, -0.25) is 19.4 Å². The van der Waals surface area contributed by atoms with Crippen LogP contribution in [-0.2, 0) is 4.79 Å². The lowest BCUT2D eigenvalue weighted by Gasteiger charge is -2.26. The summed E-state index contributed by atoms with van der Waals surface area (Å²) in [5.41, 5.74) is 2.43. The highest BCUT2D eigenvalue weighted by Gasteiger charge is 2.23. The van der Waals surface area contributed by atoms with Crippen LogP contribution in [-0.4, -0.2) is 47.2 Å². The summed E-state index contributed by atoms with van der Waals surface area (Å²) in [6.07, 6.45) is 1.72. The van der Waals surface area contributed by atoms with Crippen molar-refractivity contribution in [3.63, 3.8) is 0 Å². The van der Waals surface area contributed by atoms with Gasteiger partial charge in [-0.25, -0.2) is 0 Å². The highest BCUT2D eigenvalue weighted by atomic mass is 35.5. The molecule has 1 aromatic heterocycles. The first-order valence-corrected chi connectivity index (χ1v) is 12.0. The van der Waals surface area contributed by atoms with E-state index in [1.807, 2.05) is 30.3 Å². The van der Waals surface area contributed by atoms with Gasteiger partial charge in [0.15, 0.2) is 0 Å². The number of amides is 3. The van der Waals surface area contributed by atoms with Crippen LogP contribution in [0, 0.1) is 0 Å². The predicted molar refractivity (Wildman–Crippen MR) is 141 cm³/mol. The van der Waals surface area contributed by atoms with Crippen LogP contribution in [0.2, 0.25) is 10.0 Å². The highest BCUT2D eigenvalue weighted by molar-refractivity contribution is 6.35. The number of benzene rings is 3. The largest absolute Gasteiger partial charge is 0.353 e. The van der Waals surface area contributed by atoms with E-state index in [-0.39, 0.29) is 28.9 Å². The third kappa shape index (κ3) is 4.76. The molecule has 0 bridgehead atoms. The van der Waals surface area contributed by atoms with Gasteiger partial charge in [0.1, 0.15) is 0 Å². The summed E-state index contributed by atoms with van der Waals surface area (Å²) in [5.74, 6) is -0.961. The molecule has 1 saturated heterocycles. The number of piperazine rings is 1. The summed E-state index contributed by atoms with van der Waals surface area (Å²) in [6, 6.07) is 19.4. The number of nitrogens with one attached hydrogen (secondary N) is 2. The minimum Gasteiger partial charge on any atom is -0.353 e. The van der Waals surface area contributed by atoms with Crippen LogP contribution in [0.3, 0.4) is 0 Å². The Morgan fingerprint density at radius 3 is 2.61 bits per heavy atom. The van der Waals surface area contributed by atoms with Crippen molar-refractivity contribution >= 4 is 57.4 Å².